The number of hydrogen-bond donors (Lipinski definition) is 0. The molecule has 0 saturated carbocycles. The van der Waals surface area contributed by atoms with Gasteiger partial charge in [0.1, 0.15) is 6.29 Å². The lowest BCUT2D eigenvalue weighted by Crippen LogP contribution is -2.48. The number of aldehydes is 1. The molecule has 2 aromatic carbocycles. The van der Waals surface area contributed by atoms with Crippen LogP contribution in [0.25, 0.3) is 0 Å². The van der Waals surface area contributed by atoms with Crippen LogP contribution in [0.2, 0.25) is 0 Å². The van der Waals surface area contributed by atoms with Gasteiger partial charge in [-0.1, -0.05) is 30.3 Å². The van der Waals surface area contributed by atoms with Crippen molar-refractivity contribution in [2.24, 2.45) is 5.92 Å². The Balaban J connectivity index is 1.66. The number of rotatable bonds is 9. The number of halogens is 3. The second-order valence-electron chi connectivity index (χ2n) is 7.66. The summed E-state index contributed by atoms with van der Waals surface area (Å²) in [5.41, 5.74) is -0.161. The maximum atomic E-state index is 12.7. The Hall–Kier alpha value is -3.19. The minimum atomic E-state index is -4.38. The van der Waals surface area contributed by atoms with E-state index in [1.165, 1.54) is 24.3 Å². The van der Waals surface area contributed by atoms with Crippen LogP contribution < -0.4 is 4.90 Å². The van der Waals surface area contributed by atoms with Crippen molar-refractivity contribution in [2.75, 3.05) is 18.6 Å². The highest BCUT2D eigenvalue weighted by Gasteiger charge is 2.34. The Morgan fingerprint density at radius 2 is 1.66 bits per heavy atom. The Bertz CT molecular complexity index is 966. The van der Waals surface area contributed by atoms with Gasteiger partial charge < -0.3 is 14.4 Å². The van der Waals surface area contributed by atoms with Crippen molar-refractivity contribution < 1.29 is 27.5 Å². The van der Waals surface area contributed by atoms with Crippen molar-refractivity contribution in [1.82, 2.24) is 0 Å². The predicted octanol–water partition coefficient (Wildman–Crippen LogP) is 5.00. The first-order chi connectivity index (χ1) is 15.2. The number of nitrogens with zero attached hydrogens (tertiary/aromatic N) is 1. The number of allylic oxidation sites excluding steroid dienone is 2. The first-order valence-corrected chi connectivity index (χ1v) is 10.2. The third kappa shape index (κ3) is 5.73. The Morgan fingerprint density at radius 1 is 1.03 bits per heavy atom. The van der Waals surface area contributed by atoms with Crippen LogP contribution in [0, 0.1) is 5.92 Å². The number of carbonyl (C=O) groups is 2. The van der Waals surface area contributed by atoms with Crippen LogP contribution in [0.15, 0.2) is 78.9 Å². The molecular weight excluding hydrogens is 419 g/mol. The number of ketones is 1. The molecule has 3 rings (SSSR count). The minimum absolute atomic E-state index is 0.0875. The standard InChI is InChI=1S/C25H24F3NO3/c1-29(22-5-3-2-4-6-22)24(15-13-23(31)14-16-24)32-18-20(17-30)8-7-19-9-11-21(12-10-19)25(26,27)28/h2-6,9-17,20H,7-8,18H2,1H3. The van der Waals surface area contributed by atoms with E-state index < -0.39 is 23.4 Å². The van der Waals surface area contributed by atoms with Crippen LogP contribution in [0.1, 0.15) is 17.5 Å². The summed E-state index contributed by atoms with van der Waals surface area (Å²) >= 11 is 0. The van der Waals surface area contributed by atoms with Crippen molar-refractivity contribution in [2.45, 2.75) is 24.7 Å². The fourth-order valence-electron chi connectivity index (χ4n) is 3.43. The summed E-state index contributed by atoms with van der Waals surface area (Å²) in [5.74, 6) is -0.613. The summed E-state index contributed by atoms with van der Waals surface area (Å²) in [7, 11) is 1.83. The molecule has 7 heteroatoms. The number of para-hydroxylation sites is 1. The van der Waals surface area contributed by atoms with Gasteiger partial charge in [-0.05, 0) is 67.0 Å². The zero-order valence-corrected chi connectivity index (χ0v) is 17.6. The summed E-state index contributed by atoms with van der Waals surface area (Å²) in [6, 6.07) is 14.4. The third-order valence-electron chi connectivity index (χ3n) is 5.45. The molecule has 32 heavy (non-hydrogen) atoms. The predicted molar refractivity (Wildman–Crippen MR) is 116 cm³/mol. The number of carbonyl (C=O) groups excluding carboxylic acids is 2. The maximum Gasteiger partial charge on any atom is 0.416 e. The number of benzene rings is 2. The summed E-state index contributed by atoms with van der Waals surface area (Å²) < 4.78 is 44.3. The lowest BCUT2D eigenvalue weighted by atomic mass is 9.99. The molecule has 4 nitrogen and oxygen atoms in total. The molecule has 1 unspecified atom stereocenters. The van der Waals surface area contributed by atoms with E-state index >= 15 is 0 Å². The zero-order chi connectivity index (χ0) is 23.2. The Labute approximate surface area is 185 Å². The fraction of sp³-hybridized carbons (Fsp3) is 0.280. The van der Waals surface area contributed by atoms with Crippen molar-refractivity contribution in [1.29, 1.82) is 0 Å². The van der Waals surface area contributed by atoms with E-state index in [9.17, 15) is 22.8 Å². The summed E-state index contributed by atoms with van der Waals surface area (Å²) in [6.07, 6.45) is 3.44. The van der Waals surface area contributed by atoms with Gasteiger partial charge in [0.25, 0.3) is 0 Å². The van der Waals surface area contributed by atoms with Crippen LogP contribution >= 0.6 is 0 Å². The lowest BCUT2D eigenvalue weighted by molar-refractivity contribution is -0.137. The van der Waals surface area contributed by atoms with Gasteiger partial charge in [-0.15, -0.1) is 0 Å². The molecule has 0 aliphatic heterocycles. The summed E-state index contributed by atoms with van der Waals surface area (Å²) in [4.78, 5) is 25.2. The van der Waals surface area contributed by atoms with Crippen molar-refractivity contribution >= 4 is 17.8 Å². The van der Waals surface area contributed by atoms with Gasteiger partial charge in [0.15, 0.2) is 11.5 Å². The van der Waals surface area contributed by atoms with Crippen LogP contribution in [-0.2, 0) is 26.9 Å². The molecule has 0 saturated heterocycles. The van der Waals surface area contributed by atoms with Gasteiger partial charge >= 0.3 is 6.18 Å². The van der Waals surface area contributed by atoms with Crippen molar-refractivity contribution in [3.05, 3.63) is 90.0 Å². The average molecular weight is 443 g/mol. The molecule has 0 N–H and O–H groups in total. The SMILES string of the molecule is CN(c1ccccc1)C1(OCC(C=O)CCc2ccc(C(F)(F)F)cc2)C=CC(=O)C=C1. The average Bonchev–Trinajstić information content (AvgIpc) is 2.80. The van der Waals surface area contributed by atoms with Gasteiger partial charge in [-0.2, -0.15) is 13.2 Å². The molecule has 0 spiro atoms. The number of anilines is 1. The zero-order valence-electron chi connectivity index (χ0n) is 17.6. The molecule has 1 aliphatic carbocycles. The number of hydrogen-bond acceptors (Lipinski definition) is 4. The van der Waals surface area contributed by atoms with E-state index in [0.29, 0.717) is 18.4 Å². The van der Waals surface area contributed by atoms with E-state index in [1.807, 2.05) is 42.3 Å². The molecule has 0 radical (unpaired) electrons. The smallest absolute Gasteiger partial charge is 0.348 e. The quantitative estimate of drug-likeness (QED) is 0.404. The topological polar surface area (TPSA) is 46.6 Å². The van der Waals surface area contributed by atoms with E-state index in [-0.39, 0.29) is 12.4 Å². The third-order valence-corrected chi connectivity index (χ3v) is 5.45. The number of ether oxygens (including phenoxy) is 1. The fourth-order valence-corrected chi connectivity index (χ4v) is 3.43. The largest absolute Gasteiger partial charge is 0.416 e. The molecule has 1 atom stereocenters. The van der Waals surface area contributed by atoms with E-state index in [2.05, 4.69) is 0 Å². The van der Waals surface area contributed by atoms with E-state index in [0.717, 1.165) is 24.1 Å². The maximum absolute atomic E-state index is 12.7. The van der Waals surface area contributed by atoms with E-state index in [1.54, 1.807) is 12.2 Å². The van der Waals surface area contributed by atoms with Crippen LogP contribution in [0.5, 0.6) is 0 Å². The van der Waals surface area contributed by atoms with Gasteiger partial charge in [0, 0.05) is 18.7 Å². The first-order valence-electron chi connectivity index (χ1n) is 10.2. The van der Waals surface area contributed by atoms with Gasteiger partial charge in [0.05, 0.1) is 12.2 Å². The molecule has 1 aliphatic rings. The van der Waals surface area contributed by atoms with Crippen LogP contribution in [-0.4, -0.2) is 31.4 Å². The molecule has 0 bridgehead atoms. The molecule has 0 fully saturated rings. The normalized spacial score (nSPS) is 16.1. The first kappa shape index (κ1) is 23.5. The van der Waals surface area contributed by atoms with Gasteiger partial charge in [-0.25, -0.2) is 0 Å². The minimum Gasteiger partial charge on any atom is -0.348 e. The van der Waals surface area contributed by atoms with E-state index in [4.69, 9.17) is 4.74 Å². The molecular formula is C25H24F3NO3. The monoisotopic (exact) mass is 443 g/mol. The number of likely N-dealkylation sites (N-methyl/N-ethyl adjacent to an activating group) is 1. The van der Waals surface area contributed by atoms with Crippen LogP contribution in [0.4, 0.5) is 18.9 Å². The molecule has 2 aromatic rings. The van der Waals surface area contributed by atoms with Crippen molar-refractivity contribution in [3.63, 3.8) is 0 Å². The summed E-state index contributed by atoms with van der Waals surface area (Å²) in [5, 5.41) is 0. The summed E-state index contributed by atoms with van der Waals surface area (Å²) in [6.45, 7) is 0.0875. The highest BCUT2D eigenvalue weighted by molar-refractivity contribution is 6.00. The Morgan fingerprint density at radius 3 is 2.22 bits per heavy atom. The highest BCUT2D eigenvalue weighted by Crippen LogP contribution is 2.31. The van der Waals surface area contributed by atoms with Gasteiger partial charge in [-0.3, -0.25) is 4.79 Å². The highest BCUT2D eigenvalue weighted by atomic mass is 19.4. The van der Waals surface area contributed by atoms with Gasteiger partial charge in [0.2, 0.25) is 0 Å². The molecule has 0 heterocycles. The Kier molecular flexibility index (Phi) is 7.30. The number of aryl methyl sites for hydroxylation is 1. The second kappa shape index (κ2) is 9.96. The van der Waals surface area contributed by atoms with Crippen LogP contribution in [0.3, 0.4) is 0 Å². The number of alkyl halides is 3. The lowest BCUT2D eigenvalue weighted by Gasteiger charge is -2.40. The van der Waals surface area contributed by atoms with Crippen molar-refractivity contribution in [3.8, 4) is 0 Å². The second-order valence-corrected chi connectivity index (χ2v) is 7.66. The molecule has 0 amide bonds. The molecule has 168 valence electrons. The molecule has 0 aromatic heterocycles.